The van der Waals surface area contributed by atoms with Crippen LogP contribution in [0.5, 0.6) is 0 Å². The van der Waals surface area contributed by atoms with Gasteiger partial charge in [0.2, 0.25) is 0 Å². The molecule has 4 aliphatic carbocycles. The summed E-state index contributed by atoms with van der Waals surface area (Å²) in [6.07, 6.45) is 8.68. The van der Waals surface area contributed by atoms with E-state index in [0.29, 0.717) is 12.3 Å². The molecule has 0 aliphatic heterocycles. The largest absolute Gasteiger partial charge is 0.451 e. The van der Waals surface area contributed by atoms with Gasteiger partial charge in [0.25, 0.3) is 0 Å². The summed E-state index contributed by atoms with van der Waals surface area (Å²) < 4.78 is 5.80. The van der Waals surface area contributed by atoms with Gasteiger partial charge >= 0.3 is 5.97 Å². The van der Waals surface area contributed by atoms with Gasteiger partial charge in [-0.3, -0.25) is 9.59 Å². The molecule has 0 saturated heterocycles. The van der Waals surface area contributed by atoms with Crippen molar-refractivity contribution in [2.45, 2.75) is 77.9 Å². The Morgan fingerprint density at radius 1 is 1.07 bits per heavy atom. The van der Waals surface area contributed by atoms with Crippen molar-refractivity contribution < 1.29 is 19.4 Å². The van der Waals surface area contributed by atoms with Crippen molar-refractivity contribution >= 4 is 23.4 Å². The summed E-state index contributed by atoms with van der Waals surface area (Å²) in [4.78, 5) is 24.7. The van der Waals surface area contributed by atoms with Gasteiger partial charge in [0.05, 0.1) is 6.10 Å². The number of ether oxygens (including phenoxy) is 1. The van der Waals surface area contributed by atoms with Crippen LogP contribution >= 0.6 is 11.6 Å². The van der Waals surface area contributed by atoms with Crippen LogP contribution in [-0.2, 0) is 14.3 Å². The lowest BCUT2D eigenvalue weighted by Gasteiger charge is -2.58. The third-order valence-corrected chi connectivity index (χ3v) is 9.02. The van der Waals surface area contributed by atoms with Crippen molar-refractivity contribution in [1.82, 2.24) is 0 Å². The minimum absolute atomic E-state index is 0.0374. The van der Waals surface area contributed by atoms with Gasteiger partial charge in [0, 0.05) is 17.4 Å². The number of carbonyl (C=O) groups excluding carboxylic acids is 2. The van der Waals surface area contributed by atoms with Crippen LogP contribution in [0.3, 0.4) is 0 Å². The Kier molecular flexibility index (Phi) is 4.63. The Hall–Kier alpha value is -1.13. The second-order valence-corrected chi connectivity index (χ2v) is 10.3. The van der Waals surface area contributed by atoms with Crippen LogP contribution in [0.15, 0.2) is 22.8 Å². The lowest BCUT2D eigenvalue weighted by atomic mass is 9.48. The van der Waals surface area contributed by atoms with Crippen LogP contribution in [0.25, 0.3) is 0 Å². The van der Waals surface area contributed by atoms with Gasteiger partial charge in [0.1, 0.15) is 0 Å². The SMILES string of the molecule is CC(=O)O[C@]1(C(C)=O)CCC2[C@@H]3C=C(Cl)C4=C[C@H](O)CC[C@]4(C)[C@H]3CC[C@@]21C. The van der Waals surface area contributed by atoms with Crippen molar-refractivity contribution in [3.05, 3.63) is 22.8 Å². The second kappa shape index (κ2) is 6.43. The van der Waals surface area contributed by atoms with E-state index in [1.54, 1.807) is 6.92 Å². The Morgan fingerprint density at radius 2 is 1.75 bits per heavy atom. The molecule has 7 atom stereocenters. The number of allylic oxidation sites excluding steroid dienone is 3. The van der Waals surface area contributed by atoms with Gasteiger partial charge in [-0.25, -0.2) is 0 Å². The van der Waals surface area contributed by atoms with E-state index in [2.05, 4.69) is 19.9 Å². The molecule has 0 amide bonds. The number of fused-ring (bicyclic) bond motifs is 5. The molecule has 0 spiro atoms. The maximum absolute atomic E-state index is 12.8. The maximum atomic E-state index is 12.8. The predicted octanol–water partition coefficient (Wildman–Crippen LogP) is 4.54. The highest BCUT2D eigenvalue weighted by Crippen LogP contribution is 2.68. The molecular weight excluding hydrogens is 376 g/mol. The van der Waals surface area contributed by atoms with E-state index in [4.69, 9.17) is 16.3 Å². The molecule has 0 heterocycles. The van der Waals surface area contributed by atoms with Gasteiger partial charge in [-0.2, -0.15) is 0 Å². The predicted molar refractivity (Wildman–Crippen MR) is 108 cm³/mol. The minimum Gasteiger partial charge on any atom is -0.451 e. The summed E-state index contributed by atoms with van der Waals surface area (Å²) in [7, 11) is 0. The van der Waals surface area contributed by atoms with Crippen LogP contribution < -0.4 is 0 Å². The Bertz CT molecular complexity index is 785. The number of aliphatic hydroxyl groups is 1. The Labute approximate surface area is 172 Å². The van der Waals surface area contributed by atoms with E-state index < -0.39 is 11.7 Å². The molecule has 1 N–H and O–H groups in total. The van der Waals surface area contributed by atoms with Crippen molar-refractivity contribution in [2.24, 2.45) is 28.6 Å². The summed E-state index contributed by atoms with van der Waals surface area (Å²) in [6, 6.07) is 0. The average molecular weight is 407 g/mol. The fourth-order valence-electron chi connectivity index (χ4n) is 7.28. The average Bonchev–Trinajstić information content (AvgIpc) is 2.90. The zero-order chi connectivity index (χ0) is 20.5. The van der Waals surface area contributed by atoms with Gasteiger partial charge in [0.15, 0.2) is 11.4 Å². The summed E-state index contributed by atoms with van der Waals surface area (Å²) in [5.74, 6) is 0.542. The lowest BCUT2D eigenvalue weighted by Crippen LogP contribution is -2.58. The first-order chi connectivity index (χ1) is 13.0. The van der Waals surface area contributed by atoms with Crippen LogP contribution in [-0.4, -0.2) is 28.6 Å². The zero-order valence-electron chi connectivity index (χ0n) is 17.3. The van der Waals surface area contributed by atoms with Gasteiger partial charge in [-0.05, 0) is 74.2 Å². The van der Waals surface area contributed by atoms with E-state index in [-0.39, 0.29) is 34.4 Å². The molecule has 0 aromatic carbocycles. The quantitative estimate of drug-likeness (QED) is 0.683. The van der Waals surface area contributed by atoms with E-state index >= 15 is 0 Å². The third-order valence-electron chi connectivity index (χ3n) is 8.69. The van der Waals surface area contributed by atoms with E-state index in [1.165, 1.54) is 6.92 Å². The topological polar surface area (TPSA) is 63.6 Å². The molecule has 1 unspecified atom stereocenters. The molecule has 154 valence electrons. The number of hydrogen-bond donors (Lipinski definition) is 1. The monoisotopic (exact) mass is 406 g/mol. The van der Waals surface area contributed by atoms with Crippen LogP contribution in [0.1, 0.15) is 66.2 Å². The van der Waals surface area contributed by atoms with Crippen LogP contribution in [0.4, 0.5) is 0 Å². The first-order valence-electron chi connectivity index (χ1n) is 10.5. The highest BCUT2D eigenvalue weighted by Gasteiger charge is 2.67. The number of esters is 1. The number of halogens is 1. The molecule has 0 radical (unpaired) electrons. The number of aliphatic hydroxyl groups excluding tert-OH is 1. The number of rotatable bonds is 2. The molecule has 0 bridgehead atoms. The molecule has 5 heteroatoms. The fraction of sp³-hybridized carbons (Fsp3) is 0.739. The summed E-state index contributed by atoms with van der Waals surface area (Å²) in [5.41, 5.74) is -0.340. The molecule has 28 heavy (non-hydrogen) atoms. The number of Topliss-reactive ketones (excluding diaryl/α,β-unsaturated/α-hetero) is 1. The highest BCUT2D eigenvalue weighted by atomic mass is 35.5. The second-order valence-electron chi connectivity index (χ2n) is 9.88. The van der Waals surface area contributed by atoms with E-state index in [9.17, 15) is 14.7 Å². The molecule has 4 aliphatic rings. The van der Waals surface area contributed by atoms with Gasteiger partial charge in [-0.1, -0.05) is 37.6 Å². The highest BCUT2D eigenvalue weighted by molar-refractivity contribution is 6.32. The standard InChI is InChI=1S/C23H31ClO4/c1-13(25)23(28-14(2)26)10-7-18-16-12-20(24)19-11-15(27)5-8-21(19,3)17(16)6-9-22(18,23)4/h11-12,15-18,27H,5-10H2,1-4H3/t15-,16-,17+,18?,21-,22+,23+/m1/s1. The molecular formula is C23H31ClO4. The number of hydrogen-bond acceptors (Lipinski definition) is 4. The van der Waals surface area contributed by atoms with Gasteiger partial charge < -0.3 is 9.84 Å². The molecule has 2 saturated carbocycles. The van der Waals surface area contributed by atoms with E-state index in [1.807, 2.05) is 6.08 Å². The van der Waals surface area contributed by atoms with Gasteiger partial charge in [-0.15, -0.1) is 0 Å². The lowest BCUT2D eigenvalue weighted by molar-refractivity contribution is -0.185. The smallest absolute Gasteiger partial charge is 0.303 e. The number of carbonyl (C=O) groups is 2. The maximum Gasteiger partial charge on any atom is 0.303 e. The van der Waals surface area contributed by atoms with Crippen molar-refractivity contribution in [3.63, 3.8) is 0 Å². The van der Waals surface area contributed by atoms with Crippen molar-refractivity contribution in [1.29, 1.82) is 0 Å². The van der Waals surface area contributed by atoms with Crippen LogP contribution in [0, 0.1) is 28.6 Å². The zero-order valence-corrected chi connectivity index (χ0v) is 18.0. The number of ketones is 1. The summed E-state index contributed by atoms with van der Waals surface area (Å²) >= 11 is 6.75. The minimum atomic E-state index is -1.02. The molecule has 0 aromatic rings. The molecule has 2 fully saturated rings. The normalized spacial score (nSPS) is 47.2. The fourth-order valence-corrected chi connectivity index (χ4v) is 7.70. The van der Waals surface area contributed by atoms with Crippen LogP contribution in [0.2, 0.25) is 0 Å². The van der Waals surface area contributed by atoms with E-state index in [0.717, 1.165) is 42.7 Å². The van der Waals surface area contributed by atoms with Crippen molar-refractivity contribution in [3.8, 4) is 0 Å². The molecule has 0 aromatic heterocycles. The Morgan fingerprint density at radius 3 is 2.39 bits per heavy atom. The Balaban J connectivity index is 1.78. The summed E-state index contributed by atoms with van der Waals surface area (Å²) in [6.45, 7) is 7.40. The first kappa shape index (κ1) is 20.2. The third kappa shape index (κ3) is 2.53. The summed E-state index contributed by atoms with van der Waals surface area (Å²) in [5, 5.41) is 10.9. The molecule has 4 nitrogen and oxygen atoms in total. The molecule has 4 rings (SSSR count). The van der Waals surface area contributed by atoms with Crippen molar-refractivity contribution in [2.75, 3.05) is 0 Å². The first-order valence-corrected chi connectivity index (χ1v) is 10.9.